The minimum atomic E-state index is -0.715. The first-order valence-electron chi connectivity index (χ1n) is 4.40. The third-order valence-electron chi connectivity index (χ3n) is 1.95. The molecule has 2 N–H and O–H groups in total. The third-order valence-corrected chi connectivity index (χ3v) is 1.95. The average molecular weight is 171 g/mol. The molecule has 0 spiro atoms. The SMILES string of the molecule is CC(C)(C)NC(C(=O)O)C1CC1. The second-order valence-electron chi connectivity index (χ2n) is 4.55. The summed E-state index contributed by atoms with van der Waals surface area (Å²) in [4.78, 5) is 10.8. The molecule has 1 saturated carbocycles. The van der Waals surface area contributed by atoms with Crippen molar-refractivity contribution in [1.82, 2.24) is 5.32 Å². The van der Waals surface area contributed by atoms with Crippen molar-refractivity contribution in [3.63, 3.8) is 0 Å². The molecular weight excluding hydrogens is 154 g/mol. The summed E-state index contributed by atoms with van der Waals surface area (Å²) < 4.78 is 0. The molecule has 0 aromatic rings. The fraction of sp³-hybridized carbons (Fsp3) is 0.889. The van der Waals surface area contributed by atoms with E-state index in [4.69, 9.17) is 5.11 Å². The van der Waals surface area contributed by atoms with Crippen LogP contribution in [0.5, 0.6) is 0 Å². The van der Waals surface area contributed by atoms with E-state index in [9.17, 15) is 4.79 Å². The van der Waals surface area contributed by atoms with E-state index in [2.05, 4.69) is 5.32 Å². The van der Waals surface area contributed by atoms with E-state index in [0.717, 1.165) is 12.8 Å². The van der Waals surface area contributed by atoms with Gasteiger partial charge in [-0.05, 0) is 39.5 Å². The second kappa shape index (κ2) is 3.05. The molecule has 3 nitrogen and oxygen atoms in total. The highest BCUT2D eigenvalue weighted by atomic mass is 16.4. The number of rotatable bonds is 3. The van der Waals surface area contributed by atoms with Gasteiger partial charge in [0.25, 0.3) is 0 Å². The fourth-order valence-corrected chi connectivity index (χ4v) is 1.28. The van der Waals surface area contributed by atoms with E-state index >= 15 is 0 Å². The number of carboxylic acid groups (broad SMARTS) is 1. The van der Waals surface area contributed by atoms with Crippen LogP contribution in [0.3, 0.4) is 0 Å². The summed E-state index contributed by atoms with van der Waals surface area (Å²) in [6.07, 6.45) is 2.11. The number of carbonyl (C=O) groups is 1. The molecule has 70 valence electrons. The molecule has 0 aliphatic heterocycles. The number of nitrogens with one attached hydrogen (secondary N) is 1. The van der Waals surface area contributed by atoms with Crippen molar-refractivity contribution in [2.24, 2.45) is 5.92 Å². The van der Waals surface area contributed by atoms with Gasteiger partial charge in [0.05, 0.1) is 0 Å². The third kappa shape index (κ3) is 2.81. The van der Waals surface area contributed by atoms with Crippen molar-refractivity contribution < 1.29 is 9.90 Å². The zero-order valence-corrected chi connectivity index (χ0v) is 7.92. The summed E-state index contributed by atoms with van der Waals surface area (Å²) in [5.41, 5.74) is -0.106. The molecule has 1 aliphatic carbocycles. The van der Waals surface area contributed by atoms with E-state index in [1.807, 2.05) is 20.8 Å². The maximum absolute atomic E-state index is 10.8. The van der Waals surface area contributed by atoms with Crippen molar-refractivity contribution in [1.29, 1.82) is 0 Å². The van der Waals surface area contributed by atoms with Crippen LogP contribution in [-0.2, 0) is 4.79 Å². The second-order valence-corrected chi connectivity index (χ2v) is 4.55. The maximum atomic E-state index is 10.8. The Morgan fingerprint density at radius 2 is 2.00 bits per heavy atom. The van der Waals surface area contributed by atoms with Crippen LogP contribution in [0.2, 0.25) is 0 Å². The molecule has 0 bridgehead atoms. The van der Waals surface area contributed by atoms with E-state index < -0.39 is 5.97 Å². The van der Waals surface area contributed by atoms with Gasteiger partial charge >= 0.3 is 5.97 Å². The first-order valence-corrected chi connectivity index (χ1v) is 4.40. The van der Waals surface area contributed by atoms with Gasteiger partial charge in [-0.15, -0.1) is 0 Å². The van der Waals surface area contributed by atoms with Crippen LogP contribution < -0.4 is 5.32 Å². The monoisotopic (exact) mass is 171 g/mol. The fourth-order valence-electron chi connectivity index (χ4n) is 1.28. The van der Waals surface area contributed by atoms with E-state index in [1.54, 1.807) is 0 Å². The molecule has 1 atom stereocenters. The summed E-state index contributed by atoms with van der Waals surface area (Å²) >= 11 is 0. The van der Waals surface area contributed by atoms with Crippen molar-refractivity contribution in [2.45, 2.75) is 45.2 Å². The summed E-state index contributed by atoms with van der Waals surface area (Å²) in [6.45, 7) is 5.97. The maximum Gasteiger partial charge on any atom is 0.320 e. The van der Waals surface area contributed by atoms with Gasteiger partial charge < -0.3 is 5.11 Å². The Morgan fingerprint density at radius 1 is 1.50 bits per heavy atom. The molecule has 1 fully saturated rings. The van der Waals surface area contributed by atoms with Crippen LogP contribution in [0, 0.1) is 5.92 Å². The zero-order valence-electron chi connectivity index (χ0n) is 7.92. The van der Waals surface area contributed by atoms with Gasteiger partial charge in [0.15, 0.2) is 0 Å². The number of hydrogen-bond donors (Lipinski definition) is 2. The van der Waals surface area contributed by atoms with Gasteiger partial charge in [-0.1, -0.05) is 0 Å². The Hall–Kier alpha value is -0.570. The molecule has 3 heteroatoms. The van der Waals surface area contributed by atoms with Crippen LogP contribution in [0.1, 0.15) is 33.6 Å². The van der Waals surface area contributed by atoms with Gasteiger partial charge in [-0.2, -0.15) is 0 Å². The first-order chi connectivity index (χ1) is 5.40. The lowest BCUT2D eigenvalue weighted by molar-refractivity contribution is -0.140. The summed E-state index contributed by atoms with van der Waals surface area (Å²) in [6, 6.07) is -0.343. The molecule has 0 aromatic carbocycles. The Kier molecular flexibility index (Phi) is 2.42. The van der Waals surface area contributed by atoms with Gasteiger partial charge in [-0.25, -0.2) is 0 Å². The minimum Gasteiger partial charge on any atom is -0.480 e. The van der Waals surface area contributed by atoms with Crippen LogP contribution in [0.25, 0.3) is 0 Å². The highest BCUT2D eigenvalue weighted by molar-refractivity contribution is 5.74. The van der Waals surface area contributed by atoms with Crippen LogP contribution >= 0.6 is 0 Å². The Labute approximate surface area is 73.2 Å². The normalized spacial score (nSPS) is 20.6. The number of aliphatic carboxylic acids is 1. The van der Waals surface area contributed by atoms with Crippen LogP contribution in [0.4, 0.5) is 0 Å². The highest BCUT2D eigenvalue weighted by Crippen LogP contribution is 2.33. The van der Waals surface area contributed by atoms with E-state index in [1.165, 1.54) is 0 Å². The standard InChI is InChI=1S/C9H17NO2/c1-9(2,3)10-7(8(11)12)6-4-5-6/h6-7,10H,4-5H2,1-3H3,(H,11,12). The molecule has 0 amide bonds. The van der Waals surface area contributed by atoms with Crippen LogP contribution in [0.15, 0.2) is 0 Å². The molecule has 1 unspecified atom stereocenters. The smallest absolute Gasteiger partial charge is 0.320 e. The summed E-state index contributed by atoms with van der Waals surface area (Å²) in [5.74, 6) is -0.353. The lowest BCUT2D eigenvalue weighted by Gasteiger charge is -2.25. The molecular formula is C9H17NO2. The molecule has 0 saturated heterocycles. The number of carboxylic acids is 1. The first kappa shape index (κ1) is 9.52. The van der Waals surface area contributed by atoms with Gasteiger partial charge in [0.2, 0.25) is 0 Å². The highest BCUT2D eigenvalue weighted by Gasteiger charge is 2.37. The number of hydrogen-bond acceptors (Lipinski definition) is 2. The summed E-state index contributed by atoms with van der Waals surface area (Å²) in [5, 5.41) is 12.0. The van der Waals surface area contributed by atoms with Crippen molar-refractivity contribution in [2.75, 3.05) is 0 Å². The van der Waals surface area contributed by atoms with Gasteiger partial charge in [0.1, 0.15) is 6.04 Å². The topological polar surface area (TPSA) is 49.3 Å². The molecule has 1 rings (SSSR count). The Balaban J connectivity index is 2.49. The van der Waals surface area contributed by atoms with E-state index in [-0.39, 0.29) is 11.6 Å². The average Bonchev–Trinajstić information content (AvgIpc) is 2.61. The lowest BCUT2D eigenvalue weighted by atomic mass is 10.0. The van der Waals surface area contributed by atoms with Crippen molar-refractivity contribution in [3.8, 4) is 0 Å². The molecule has 0 heterocycles. The molecule has 12 heavy (non-hydrogen) atoms. The lowest BCUT2D eigenvalue weighted by Crippen LogP contribution is -2.48. The predicted molar refractivity (Wildman–Crippen MR) is 47.0 cm³/mol. The molecule has 1 aliphatic rings. The van der Waals surface area contributed by atoms with Crippen molar-refractivity contribution >= 4 is 5.97 Å². The largest absolute Gasteiger partial charge is 0.480 e. The van der Waals surface area contributed by atoms with Gasteiger partial charge in [0, 0.05) is 5.54 Å². The summed E-state index contributed by atoms with van der Waals surface area (Å²) in [7, 11) is 0. The minimum absolute atomic E-state index is 0.106. The van der Waals surface area contributed by atoms with Crippen molar-refractivity contribution in [3.05, 3.63) is 0 Å². The quantitative estimate of drug-likeness (QED) is 0.671. The Morgan fingerprint density at radius 3 is 2.25 bits per heavy atom. The van der Waals surface area contributed by atoms with Gasteiger partial charge in [-0.3, -0.25) is 10.1 Å². The molecule has 0 radical (unpaired) electrons. The predicted octanol–water partition coefficient (Wildman–Crippen LogP) is 1.24. The zero-order chi connectivity index (χ0) is 9.35. The Bertz CT molecular complexity index is 179. The van der Waals surface area contributed by atoms with E-state index in [0.29, 0.717) is 5.92 Å². The van der Waals surface area contributed by atoms with Crippen LogP contribution in [-0.4, -0.2) is 22.7 Å². The molecule has 0 aromatic heterocycles.